The summed E-state index contributed by atoms with van der Waals surface area (Å²) >= 11 is 0. The lowest BCUT2D eigenvalue weighted by Crippen LogP contribution is -2.28. The summed E-state index contributed by atoms with van der Waals surface area (Å²) < 4.78 is 64.3. The number of nitrogens with zero attached hydrogens (tertiary/aromatic N) is 2. The maximum atomic E-state index is 14.7. The summed E-state index contributed by atoms with van der Waals surface area (Å²) in [5.74, 6) is -5.28. The van der Waals surface area contributed by atoms with E-state index in [0.717, 1.165) is 0 Å². The van der Waals surface area contributed by atoms with Gasteiger partial charge < -0.3 is 18.9 Å². The van der Waals surface area contributed by atoms with E-state index in [0.29, 0.717) is 6.61 Å². The van der Waals surface area contributed by atoms with Crippen molar-refractivity contribution in [1.29, 1.82) is 10.5 Å². The molecule has 0 amide bonds. The van der Waals surface area contributed by atoms with E-state index in [9.17, 15) is 18.0 Å². The predicted octanol–water partition coefficient (Wildman–Crippen LogP) is 2.83. The highest BCUT2D eigenvalue weighted by Gasteiger charge is 2.33. The Hall–Kier alpha value is -3.56. The van der Waals surface area contributed by atoms with Gasteiger partial charge in [0.15, 0.2) is 29.3 Å². The van der Waals surface area contributed by atoms with E-state index in [1.807, 2.05) is 0 Å². The van der Waals surface area contributed by atoms with Crippen LogP contribution in [0, 0.1) is 40.1 Å². The number of carbonyl (C=O) groups excluding carboxylic acids is 1. The number of rotatable bonds is 8. The van der Waals surface area contributed by atoms with Crippen molar-refractivity contribution in [3.8, 4) is 17.9 Å². The average Bonchev–Trinajstić information content (AvgIpc) is 2.76. The number of ether oxygens (including phenoxy) is 4. The van der Waals surface area contributed by atoms with Gasteiger partial charge in [-0.3, -0.25) is 0 Å². The molecule has 1 unspecified atom stereocenters. The number of methoxy groups -OCH3 is 1. The summed E-state index contributed by atoms with van der Waals surface area (Å²) in [6.45, 7) is 2.28. The Morgan fingerprint density at radius 3 is 2.27 bits per heavy atom. The standard InChI is InChI=1S/C20H15F3N2O5/c1-3-28-6-7-29-18-11(10-26)4-5-14(27-2)19(18)30-20-16(22)13(9-25)12(8-24)15(21)17(20)23/h4-5,18H,3,6-7H2,1-2H3. The Bertz CT molecular complexity index is 1030. The van der Waals surface area contributed by atoms with Crippen LogP contribution in [0.15, 0.2) is 29.2 Å². The number of nitriles is 2. The molecule has 0 aromatic heterocycles. The van der Waals surface area contributed by atoms with E-state index >= 15 is 0 Å². The highest BCUT2D eigenvalue weighted by molar-refractivity contribution is 5.63. The maximum absolute atomic E-state index is 14.7. The third-order valence-corrected chi connectivity index (χ3v) is 3.95. The SMILES string of the molecule is CCOCCOC1C(=C=O)C=CC(OC)=C1Oc1c(F)c(F)c(C#N)c(C#N)c1F. The summed E-state index contributed by atoms with van der Waals surface area (Å²) in [4.78, 5) is 11.3. The zero-order valence-electron chi connectivity index (χ0n) is 15.9. The molecule has 156 valence electrons. The van der Waals surface area contributed by atoms with E-state index in [1.165, 1.54) is 31.4 Å². The fourth-order valence-electron chi connectivity index (χ4n) is 2.55. The van der Waals surface area contributed by atoms with Gasteiger partial charge in [-0.1, -0.05) is 0 Å². The van der Waals surface area contributed by atoms with Crippen molar-refractivity contribution in [3.63, 3.8) is 0 Å². The third-order valence-electron chi connectivity index (χ3n) is 3.95. The largest absolute Gasteiger partial charge is 0.493 e. The van der Waals surface area contributed by atoms with Gasteiger partial charge in [0.25, 0.3) is 0 Å². The van der Waals surface area contributed by atoms with Gasteiger partial charge in [0.2, 0.25) is 11.6 Å². The van der Waals surface area contributed by atoms with Gasteiger partial charge in [0.05, 0.1) is 25.9 Å². The summed E-state index contributed by atoms with van der Waals surface area (Å²) in [7, 11) is 1.22. The topological polar surface area (TPSA) is 102 Å². The summed E-state index contributed by atoms with van der Waals surface area (Å²) in [5.41, 5.74) is -2.21. The van der Waals surface area contributed by atoms with E-state index in [-0.39, 0.29) is 30.3 Å². The van der Waals surface area contributed by atoms with Gasteiger partial charge in [-0.15, -0.1) is 0 Å². The van der Waals surface area contributed by atoms with Crippen molar-refractivity contribution in [2.24, 2.45) is 0 Å². The molecule has 0 heterocycles. The summed E-state index contributed by atoms with van der Waals surface area (Å²) in [5, 5.41) is 17.9. The molecule has 0 fully saturated rings. The van der Waals surface area contributed by atoms with E-state index in [1.54, 1.807) is 12.9 Å². The van der Waals surface area contributed by atoms with Crippen LogP contribution < -0.4 is 4.74 Å². The molecular formula is C20H15F3N2O5. The molecule has 0 bridgehead atoms. The highest BCUT2D eigenvalue weighted by Crippen LogP contribution is 2.35. The van der Waals surface area contributed by atoms with Crippen LogP contribution in [-0.2, 0) is 19.0 Å². The van der Waals surface area contributed by atoms with E-state index in [2.05, 4.69) is 0 Å². The second-order valence-electron chi connectivity index (χ2n) is 5.62. The molecule has 1 aliphatic carbocycles. The maximum Gasteiger partial charge on any atom is 0.205 e. The molecule has 0 radical (unpaired) electrons. The minimum atomic E-state index is -1.83. The zero-order valence-corrected chi connectivity index (χ0v) is 15.9. The lowest BCUT2D eigenvalue weighted by atomic mass is 10.0. The number of allylic oxidation sites excluding steroid dienone is 1. The molecule has 1 aromatic rings. The fourth-order valence-corrected chi connectivity index (χ4v) is 2.55. The normalized spacial score (nSPS) is 15.4. The Balaban J connectivity index is 2.57. The number of hydrogen-bond acceptors (Lipinski definition) is 7. The molecule has 1 aromatic carbocycles. The molecule has 1 atom stereocenters. The van der Waals surface area contributed by atoms with Crippen LogP contribution in [-0.4, -0.2) is 39.0 Å². The monoisotopic (exact) mass is 420 g/mol. The van der Waals surface area contributed by atoms with Crippen LogP contribution in [0.3, 0.4) is 0 Å². The van der Waals surface area contributed by atoms with Crippen molar-refractivity contribution in [3.05, 3.63) is 57.8 Å². The van der Waals surface area contributed by atoms with E-state index < -0.39 is 40.4 Å². The average molecular weight is 420 g/mol. The van der Waals surface area contributed by atoms with Gasteiger partial charge >= 0.3 is 0 Å². The molecule has 7 nitrogen and oxygen atoms in total. The first kappa shape index (κ1) is 22.7. The Kier molecular flexibility index (Phi) is 7.79. The molecule has 30 heavy (non-hydrogen) atoms. The second kappa shape index (κ2) is 10.3. The molecule has 0 aliphatic heterocycles. The number of benzene rings is 1. The van der Waals surface area contributed by atoms with Crippen molar-refractivity contribution >= 4 is 5.94 Å². The molecule has 0 N–H and O–H groups in total. The van der Waals surface area contributed by atoms with Crippen LogP contribution in [0.2, 0.25) is 0 Å². The second-order valence-corrected chi connectivity index (χ2v) is 5.62. The van der Waals surface area contributed by atoms with Gasteiger partial charge in [-0.25, -0.2) is 13.6 Å². The molecular weight excluding hydrogens is 405 g/mol. The molecule has 10 heteroatoms. The van der Waals surface area contributed by atoms with Crippen molar-refractivity contribution in [2.45, 2.75) is 13.0 Å². The van der Waals surface area contributed by atoms with Gasteiger partial charge in [0, 0.05) is 6.61 Å². The smallest absolute Gasteiger partial charge is 0.205 e. The third kappa shape index (κ3) is 4.37. The zero-order chi connectivity index (χ0) is 22.3. The molecule has 0 spiro atoms. The summed E-state index contributed by atoms with van der Waals surface area (Å²) in [6.07, 6.45) is 1.27. The van der Waals surface area contributed by atoms with Crippen molar-refractivity contribution in [2.75, 3.05) is 26.9 Å². The minimum absolute atomic E-state index is 0.0302. The predicted molar refractivity (Wildman–Crippen MR) is 95.0 cm³/mol. The Labute approximate surface area is 169 Å². The summed E-state index contributed by atoms with van der Waals surface area (Å²) in [6, 6.07) is 2.54. The van der Waals surface area contributed by atoms with E-state index in [4.69, 9.17) is 29.5 Å². The quantitative estimate of drug-likeness (QED) is 0.362. The number of hydrogen-bond donors (Lipinski definition) is 0. The number of halogens is 3. The first-order chi connectivity index (χ1) is 14.4. The lowest BCUT2D eigenvalue weighted by molar-refractivity contribution is 0.0208. The van der Waals surface area contributed by atoms with Gasteiger partial charge in [0.1, 0.15) is 29.2 Å². The van der Waals surface area contributed by atoms with Crippen LogP contribution >= 0.6 is 0 Å². The molecule has 0 saturated carbocycles. The first-order valence-electron chi connectivity index (χ1n) is 8.54. The molecule has 0 saturated heterocycles. The Morgan fingerprint density at radius 1 is 1.03 bits per heavy atom. The van der Waals surface area contributed by atoms with Crippen molar-refractivity contribution < 1.29 is 36.9 Å². The van der Waals surface area contributed by atoms with Gasteiger partial charge in [-0.05, 0) is 19.1 Å². The van der Waals surface area contributed by atoms with Gasteiger partial charge in [-0.2, -0.15) is 14.9 Å². The van der Waals surface area contributed by atoms with Crippen LogP contribution in [0.5, 0.6) is 5.75 Å². The van der Waals surface area contributed by atoms with Crippen LogP contribution in [0.25, 0.3) is 0 Å². The first-order valence-corrected chi connectivity index (χ1v) is 8.54. The lowest BCUT2D eigenvalue weighted by Gasteiger charge is -2.25. The molecule has 2 rings (SSSR count). The fraction of sp³-hybridized carbons (Fsp3) is 0.300. The van der Waals surface area contributed by atoms with Crippen LogP contribution in [0.1, 0.15) is 18.1 Å². The Morgan fingerprint density at radius 2 is 1.70 bits per heavy atom. The minimum Gasteiger partial charge on any atom is -0.493 e. The highest BCUT2D eigenvalue weighted by atomic mass is 19.2. The van der Waals surface area contributed by atoms with Crippen LogP contribution in [0.4, 0.5) is 13.2 Å². The molecule has 1 aliphatic rings. The van der Waals surface area contributed by atoms with Crippen molar-refractivity contribution in [1.82, 2.24) is 0 Å².